The van der Waals surface area contributed by atoms with E-state index in [0.29, 0.717) is 31.2 Å². The average Bonchev–Trinajstić information content (AvgIpc) is 0.763. The van der Waals surface area contributed by atoms with Gasteiger partial charge >= 0.3 is 53.4 Å². The SMILES string of the molecule is CCCCCCCCCCCCCCCCCC[C@H](C)C(=O)OC[C@H]1O[C@H](O[C@H]2O[C@H](COC(=O)[C@@H](C)CCCCCCCCCCCCCCCCCC)[C@@H](OCc3ccccc3)[C@H](OCc3ccccc3)[C@H]2OS(=O)(=O)[O-])[C@H](OC(=O)CCCCCCCCCCCCCCC)[C@@H](OC(=O)[C@@H](C)CCCCCCCCCCCCCCCC)[C@@H]1OCc1ccccc1.[Na+]. The zero-order valence-electron chi connectivity index (χ0n) is 83.5. The fourth-order valence-corrected chi connectivity index (χ4v) is 18.6. The van der Waals surface area contributed by atoms with Gasteiger partial charge in [0.25, 0.3) is 0 Å². The van der Waals surface area contributed by atoms with Crippen molar-refractivity contribution in [1.29, 1.82) is 0 Å². The molecule has 0 unspecified atom stereocenters. The van der Waals surface area contributed by atoms with Crippen LogP contribution in [0.3, 0.4) is 0 Å². The second-order valence-corrected chi connectivity index (χ2v) is 39.4. The van der Waals surface area contributed by atoms with Gasteiger partial charge in [-0.15, -0.1) is 0 Å². The molecule has 3 aromatic rings. The first-order valence-electron chi connectivity index (χ1n) is 53.4. The van der Waals surface area contributed by atoms with Crippen molar-refractivity contribution in [2.75, 3.05) is 13.2 Å². The first kappa shape index (κ1) is 118. The minimum Gasteiger partial charge on any atom is -0.726 e. The maximum Gasteiger partial charge on any atom is 1.00 e. The van der Waals surface area contributed by atoms with Gasteiger partial charge in [0, 0.05) is 6.42 Å². The molecule has 18 nitrogen and oxygen atoms in total. The van der Waals surface area contributed by atoms with Crippen molar-refractivity contribution in [3.05, 3.63) is 108 Å². The van der Waals surface area contributed by atoms with E-state index in [-0.39, 0.29) is 55.8 Å². The fraction of sp³-hybridized carbons (Fsp3) is 0.800. The van der Waals surface area contributed by atoms with Gasteiger partial charge < -0.3 is 51.9 Å². The minimum absolute atomic E-state index is 0. The third-order valence-corrected chi connectivity index (χ3v) is 27.0. The Morgan fingerprint density at radius 1 is 0.308 bits per heavy atom. The normalized spacial score (nSPS) is 19.4. The maximum atomic E-state index is 15.3. The predicted molar refractivity (Wildman–Crippen MR) is 521 cm³/mol. The van der Waals surface area contributed by atoms with E-state index in [4.69, 9.17) is 51.6 Å². The second-order valence-electron chi connectivity index (χ2n) is 38.4. The Balaban J connectivity index is 0.0000354. The van der Waals surface area contributed by atoms with Gasteiger partial charge in [-0.25, -0.2) is 8.42 Å². The fourth-order valence-electron chi connectivity index (χ4n) is 18.1. The Morgan fingerprint density at radius 3 is 0.838 bits per heavy atom. The summed E-state index contributed by atoms with van der Waals surface area (Å²) < 4.78 is 114. The molecule has 0 radical (unpaired) electrons. The maximum absolute atomic E-state index is 15.3. The molecule has 0 N–H and O–H groups in total. The van der Waals surface area contributed by atoms with Crippen LogP contribution >= 0.6 is 0 Å². The molecule has 0 amide bonds. The summed E-state index contributed by atoms with van der Waals surface area (Å²) in [6.45, 7) is 13.4. The van der Waals surface area contributed by atoms with Gasteiger partial charge in [-0.3, -0.25) is 23.4 Å². The second kappa shape index (κ2) is 79.1. The quantitative estimate of drug-likeness (QED) is 0.0128. The summed E-state index contributed by atoms with van der Waals surface area (Å²) in [5, 5.41) is 0. The number of ether oxygens (including phenoxy) is 10. The summed E-state index contributed by atoms with van der Waals surface area (Å²) in [4.78, 5) is 59.4. The molecular weight excluding hydrogens is 1660 g/mol. The largest absolute Gasteiger partial charge is 1.00 e. The van der Waals surface area contributed by atoms with Crippen LogP contribution in [0.25, 0.3) is 0 Å². The van der Waals surface area contributed by atoms with E-state index in [9.17, 15) is 22.6 Å². The number of carbonyl (C=O) groups excluding carboxylic acids is 4. The van der Waals surface area contributed by atoms with Crippen molar-refractivity contribution in [3.8, 4) is 0 Å². The number of esters is 4. The third-order valence-electron chi connectivity index (χ3n) is 26.5. The van der Waals surface area contributed by atoms with Crippen molar-refractivity contribution in [2.45, 2.75) is 534 Å². The van der Waals surface area contributed by atoms with Crippen LogP contribution in [0.15, 0.2) is 91.0 Å². The molecule has 13 atom stereocenters. The number of unbranched alkanes of at least 4 members (excludes halogenated alkanes) is 55. The van der Waals surface area contributed by atoms with Crippen LogP contribution in [-0.2, 0) is 101 Å². The van der Waals surface area contributed by atoms with Crippen LogP contribution in [-0.4, -0.2) is 111 Å². The zero-order chi connectivity index (χ0) is 92.5. The molecule has 3 aromatic carbocycles. The van der Waals surface area contributed by atoms with Gasteiger partial charge in [-0.1, -0.05) is 512 Å². The van der Waals surface area contributed by atoms with Crippen molar-refractivity contribution >= 4 is 34.3 Å². The molecule has 0 saturated carbocycles. The van der Waals surface area contributed by atoms with E-state index in [1.54, 1.807) is 0 Å². The predicted octanol–water partition coefficient (Wildman–Crippen LogP) is 26.5. The minimum atomic E-state index is -5.71. The van der Waals surface area contributed by atoms with Crippen molar-refractivity contribution in [1.82, 2.24) is 0 Å². The van der Waals surface area contributed by atoms with Crippen LogP contribution in [0.4, 0.5) is 0 Å². The van der Waals surface area contributed by atoms with Gasteiger partial charge in [-0.05, 0) is 42.4 Å². The molecule has 2 heterocycles. The van der Waals surface area contributed by atoms with Crippen LogP contribution in [0.5, 0.6) is 0 Å². The molecule has 0 aromatic heterocycles. The van der Waals surface area contributed by atoms with Crippen molar-refractivity contribution in [2.24, 2.45) is 17.8 Å². The van der Waals surface area contributed by atoms with E-state index >= 15 is 9.59 Å². The Labute approximate surface area is 814 Å². The zero-order valence-corrected chi connectivity index (χ0v) is 86.3. The van der Waals surface area contributed by atoms with Gasteiger partial charge in [0.15, 0.2) is 24.6 Å². The van der Waals surface area contributed by atoms with Crippen molar-refractivity contribution in [3.63, 3.8) is 0 Å². The molecule has 0 spiro atoms. The molecule has 2 aliphatic rings. The molecule has 130 heavy (non-hydrogen) atoms. The summed E-state index contributed by atoms with van der Waals surface area (Å²) >= 11 is 0. The molecule has 2 fully saturated rings. The number of carbonyl (C=O) groups is 4. The van der Waals surface area contributed by atoms with E-state index < -0.39 is 127 Å². The molecule has 2 aliphatic heterocycles. The van der Waals surface area contributed by atoms with Crippen LogP contribution in [0.2, 0.25) is 0 Å². The first-order valence-corrected chi connectivity index (χ1v) is 54.7. The van der Waals surface area contributed by atoms with Crippen LogP contribution < -0.4 is 29.6 Å². The molecule has 20 heteroatoms. The first-order chi connectivity index (χ1) is 63.0. The third kappa shape index (κ3) is 57.4. The summed E-state index contributed by atoms with van der Waals surface area (Å²) in [6, 6.07) is 27.9. The number of hydrogen-bond donors (Lipinski definition) is 0. The molecule has 0 bridgehead atoms. The molecular formula is C110H185NaO18S. The molecule has 5 rings (SSSR count). The number of hydrogen-bond acceptors (Lipinski definition) is 18. The Bertz CT molecular complexity index is 3260. The molecule has 0 aliphatic carbocycles. The van der Waals surface area contributed by atoms with Crippen LogP contribution in [0, 0.1) is 17.8 Å². The topological polar surface area (TPSA) is 227 Å². The summed E-state index contributed by atoms with van der Waals surface area (Å²) in [5.41, 5.74) is 2.16. The molecule has 740 valence electrons. The summed E-state index contributed by atoms with van der Waals surface area (Å²) in [7, 11) is -5.71. The standard InChI is InChI=1S/C110H186O18S.Na/c1-8-12-16-20-24-28-32-36-39-41-45-47-51-55-59-66-76-91(5)106(112)121-89-97-100(118-86-94-79-69-63-70-80-94)102(120-88-96-83-73-65-74-84-96)105(128-129(115,116)117)110(124-97)127-109-104(125-99(111)85-75-62-58-54-50-43-35-31-27-23-19-15-11-4)103(126-108(114)93(7)78-68-61-57-53-49-44-38-34-30-26-22-18-14-10-3)101(119-87-95-81-71-64-72-82-95)98(123-109)90-122-107(113)92(6)77-67-60-56-52-48-46-42-40-37-33-29-25-21-17-13-9-2;/h63-65,69-74,79-84,91-93,97-98,100-105,109-110H,8-62,66-68,75-78,85-90H2,1-7H3,(H,115,116,117);/q;+1/p-1/t91-,92-,93-,97+,98+,100+,101+,102-,103-,104+,105+,109+,110+;/m0./s1. The van der Waals surface area contributed by atoms with Gasteiger partial charge in [-0.2, -0.15) is 0 Å². The average molecular weight is 1850 g/mol. The van der Waals surface area contributed by atoms with Gasteiger partial charge in [0.1, 0.15) is 43.7 Å². The Hall–Kier alpha value is -3.83. The van der Waals surface area contributed by atoms with E-state index in [1.807, 2.05) is 112 Å². The van der Waals surface area contributed by atoms with E-state index in [0.717, 1.165) is 120 Å². The molecule has 2 saturated heterocycles. The summed E-state index contributed by atoms with van der Waals surface area (Å²) in [6.07, 6.45) is 55.8. The van der Waals surface area contributed by atoms with Gasteiger partial charge in [0.2, 0.25) is 16.7 Å². The monoisotopic (exact) mass is 1850 g/mol. The smallest absolute Gasteiger partial charge is 0.726 e. The van der Waals surface area contributed by atoms with Crippen molar-refractivity contribution < 1.29 is 113 Å². The number of benzene rings is 3. The van der Waals surface area contributed by atoms with Gasteiger partial charge in [0.05, 0.1) is 37.6 Å². The summed E-state index contributed by atoms with van der Waals surface area (Å²) in [5.74, 6) is -3.92. The van der Waals surface area contributed by atoms with Crippen LogP contribution in [0.1, 0.15) is 470 Å². The Morgan fingerprint density at radius 2 is 0.554 bits per heavy atom. The number of rotatable bonds is 85. The Kier molecular flexibility index (Phi) is 72.1. The van der Waals surface area contributed by atoms with E-state index in [2.05, 4.69) is 27.7 Å². The van der Waals surface area contributed by atoms with E-state index in [1.165, 1.54) is 263 Å².